The highest BCUT2D eigenvalue weighted by molar-refractivity contribution is 9.11. The lowest BCUT2D eigenvalue weighted by Crippen LogP contribution is -2.48. The van der Waals surface area contributed by atoms with Gasteiger partial charge in [-0.1, -0.05) is 12.1 Å². The summed E-state index contributed by atoms with van der Waals surface area (Å²) in [6.07, 6.45) is 0.910. The topological polar surface area (TPSA) is 118 Å². The van der Waals surface area contributed by atoms with Crippen LogP contribution in [0.5, 0.6) is 5.75 Å². The summed E-state index contributed by atoms with van der Waals surface area (Å²) in [6, 6.07) is 10.5. The van der Waals surface area contributed by atoms with E-state index in [1.807, 2.05) is 6.07 Å². The van der Waals surface area contributed by atoms with Gasteiger partial charge in [-0.25, -0.2) is 18.4 Å². The van der Waals surface area contributed by atoms with Crippen LogP contribution in [0.25, 0.3) is 11.0 Å². The Labute approximate surface area is 240 Å². The number of alkyl halides is 3. The fourth-order valence-corrected chi connectivity index (χ4v) is 7.28. The number of pyridine rings is 1. The van der Waals surface area contributed by atoms with Crippen LogP contribution in [0.4, 0.5) is 19.0 Å². The van der Waals surface area contributed by atoms with Crippen LogP contribution in [0.2, 0.25) is 0 Å². The number of fused-ring (bicyclic) bond motifs is 1. The van der Waals surface area contributed by atoms with Crippen LogP contribution >= 0.6 is 27.3 Å². The van der Waals surface area contributed by atoms with Gasteiger partial charge in [-0.2, -0.15) is 4.31 Å². The van der Waals surface area contributed by atoms with E-state index in [9.17, 15) is 26.4 Å². The molecule has 16 heteroatoms. The van der Waals surface area contributed by atoms with E-state index in [0.717, 1.165) is 20.6 Å². The zero-order valence-corrected chi connectivity index (χ0v) is 23.8. The summed E-state index contributed by atoms with van der Waals surface area (Å²) in [5.41, 5.74) is 2.22. The molecule has 0 aliphatic carbocycles. The highest BCUT2D eigenvalue weighted by atomic mass is 79.9. The van der Waals surface area contributed by atoms with Crippen LogP contribution < -0.4 is 15.0 Å². The van der Waals surface area contributed by atoms with Crippen molar-refractivity contribution >= 4 is 60.6 Å². The lowest BCUT2D eigenvalue weighted by Gasteiger charge is -2.34. The van der Waals surface area contributed by atoms with Crippen LogP contribution in [-0.2, 0) is 21.4 Å². The molecule has 40 heavy (non-hydrogen) atoms. The molecule has 212 valence electrons. The molecule has 0 unspecified atom stereocenters. The van der Waals surface area contributed by atoms with E-state index in [1.165, 1.54) is 39.9 Å². The molecule has 0 radical (unpaired) electrons. The van der Waals surface area contributed by atoms with E-state index in [2.05, 4.69) is 45.8 Å². The predicted octanol–water partition coefficient (Wildman–Crippen LogP) is 4.19. The van der Waals surface area contributed by atoms with E-state index in [1.54, 1.807) is 30.7 Å². The van der Waals surface area contributed by atoms with Gasteiger partial charge in [0.1, 0.15) is 21.3 Å². The molecule has 1 aromatic carbocycles. The molecule has 10 nitrogen and oxygen atoms in total. The number of carbonyl (C=O) groups is 1. The molecular formula is C24H22BrF3N6O4S2. The highest BCUT2D eigenvalue weighted by Gasteiger charge is 2.31. The molecule has 1 aliphatic heterocycles. The summed E-state index contributed by atoms with van der Waals surface area (Å²) in [5, 5.41) is 2.39. The number of benzene rings is 1. The molecule has 0 atom stereocenters. The molecule has 3 aromatic heterocycles. The largest absolute Gasteiger partial charge is 0.573 e. The normalized spacial score (nSPS) is 14.3. The molecule has 4 aromatic rings. The van der Waals surface area contributed by atoms with Gasteiger partial charge in [0.05, 0.1) is 21.7 Å². The summed E-state index contributed by atoms with van der Waals surface area (Å²) in [6.45, 7) is 2.28. The summed E-state index contributed by atoms with van der Waals surface area (Å²) in [7, 11) is -3.43. The number of carbonyl (C=O) groups excluding carboxylic acids is 1. The number of aromatic nitrogens is 3. The number of amides is 1. The van der Waals surface area contributed by atoms with Gasteiger partial charge in [-0.3, -0.25) is 9.78 Å². The predicted molar refractivity (Wildman–Crippen MR) is 146 cm³/mol. The average Bonchev–Trinajstić information content (AvgIpc) is 3.39. The van der Waals surface area contributed by atoms with E-state index >= 15 is 0 Å². The SMILES string of the molecule is O=CNCc1ccc(OC(F)(F)F)cc1.O=S(=O)(c1ccc(Br)s1)N1CCN(c2cnc3cnccc3n2)CC1. The number of piperazine rings is 1. The van der Waals surface area contributed by atoms with Crippen molar-refractivity contribution in [2.24, 2.45) is 0 Å². The standard InChI is InChI=1S/C15H14BrN5O2S2.C9H8F3NO2/c16-13-1-2-15(24-13)25(22,23)21-7-5-20(6-8-21)14-10-18-12-9-17-4-3-11(12)19-14;10-9(11,12)15-8-3-1-7(2-4-8)5-13-6-14/h1-4,9-10H,5-8H2;1-4,6H,5H2,(H,13,14). The smallest absolute Gasteiger partial charge is 0.406 e. The second-order valence-corrected chi connectivity index (χ2v) is 12.9. The first-order valence-electron chi connectivity index (χ1n) is 11.6. The van der Waals surface area contributed by atoms with Crippen LogP contribution in [0.1, 0.15) is 5.56 Å². The van der Waals surface area contributed by atoms with Crippen molar-refractivity contribution in [2.75, 3.05) is 31.1 Å². The summed E-state index contributed by atoms with van der Waals surface area (Å²) >= 11 is 4.55. The Morgan fingerprint density at radius 3 is 2.38 bits per heavy atom. The monoisotopic (exact) mass is 658 g/mol. The van der Waals surface area contributed by atoms with E-state index in [0.29, 0.717) is 42.4 Å². The number of thiophene rings is 1. The van der Waals surface area contributed by atoms with Crippen LogP contribution in [0.3, 0.4) is 0 Å². The second-order valence-electron chi connectivity index (χ2n) is 8.23. The molecule has 0 spiro atoms. The van der Waals surface area contributed by atoms with Crippen LogP contribution in [0, 0.1) is 0 Å². The molecule has 1 fully saturated rings. The summed E-state index contributed by atoms with van der Waals surface area (Å²) in [4.78, 5) is 25.0. The molecule has 0 saturated carbocycles. The lowest BCUT2D eigenvalue weighted by atomic mass is 10.2. The number of halogens is 4. The fourth-order valence-electron chi connectivity index (χ4n) is 3.69. The van der Waals surface area contributed by atoms with Crippen molar-refractivity contribution in [3.05, 3.63) is 70.4 Å². The first kappa shape index (κ1) is 29.6. The van der Waals surface area contributed by atoms with Gasteiger partial charge < -0.3 is 15.0 Å². The Morgan fingerprint density at radius 1 is 1.02 bits per heavy atom. The third-order valence-corrected chi connectivity index (χ3v) is 9.57. The molecular weight excluding hydrogens is 637 g/mol. The molecule has 1 saturated heterocycles. The summed E-state index contributed by atoms with van der Waals surface area (Å²) in [5.74, 6) is 0.479. The number of sulfonamides is 1. The van der Waals surface area contributed by atoms with E-state index in [-0.39, 0.29) is 12.3 Å². The summed E-state index contributed by atoms with van der Waals surface area (Å²) < 4.78 is 67.0. The minimum Gasteiger partial charge on any atom is -0.406 e. The molecule has 5 rings (SSSR count). The fraction of sp³-hybridized carbons (Fsp3) is 0.250. The zero-order valence-electron chi connectivity index (χ0n) is 20.6. The Kier molecular flexibility index (Phi) is 9.55. The maximum absolute atomic E-state index is 12.7. The number of nitrogens with zero attached hydrogens (tertiary/aromatic N) is 5. The van der Waals surface area contributed by atoms with Crippen molar-refractivity contribution in [3.63, 3.8) is 0 Å². The Bertz CT molecular complexity index is 1550. The number of anilines is 1. The highest BCUT2D eigenvalue weighted by Crippen LogP contribution is 2.29. The van der Waals surface area contributed by atoms with E-state index in [4.69, 9.17) is 0 Å². The third-order valence-electron chi connectivity index (χ3n) is 5.58. The van der Waals surface area contributed by atoms with Crippen LogP contribution in [0.15, 0.2) is 69.1 Å². The Hall–Kier alpha value is -3.34. The number of rotatable bonds is 7. The van der Waals surface area contributed by atoms with Gasteiger partial charge in [-0.15, -0.1) is 24.5 Å². The van der Waals surface area contributed by atoms with Gasteiger partial charge in [0, 0.05) is 38.9 Å². The lowest BCUT2D eigenvalue weighted by molar-refractivity contribution is -0.274. The molecule has 1 aliphatic rings. The first-order valence-corrected chi connectivity index (χ1v) is 14.7. The number of hydrogen-bond acceptors (Lipinski definition) is 9. The van der Waals surface area contributed by atoms with Gasteiger partial charge in [-0.05, 0) is 51.8 Å². The van der Waals surface area contributed by atoms with E-state index < -0.39 is 16.4 Å². The Balaban J connectivity index is 0.000000212. The first-order chi connectivity index (χ1) is 19.0. The van der Waals surface area contributed by atoms with Gasteiger partial charge in [0.15, 0.2) is 0 Å². The number of nitrogens with one attached hydrogen (secondary N) is 1. The van der Waals surface area contributed by atoms with Crippen LogP contribution in [-0.4, -0.2) is 66.6 Å². The molecule has 1 amide bonds. The number of ether oxygens (including phenoxy) is 1. The molecule has 4 heterocycles. The van der Waals surface area contributed by atoms with Gasteiger partial charge in [0.25, 0.3) is 10.0 Å². The van der Waals surface area contributed by atoms with Crippen molar-refractivity contribution in [1.29, 1.82) is 0 Å². The van der Waals surface area contributed by atoms with Crippen molar-refractivity contribution < 1.29 is 31.1 Å². The van der Waals surface area contributed by atoms with Crippen molar-refractivity contribution in [2.45, 2.75) is 17.1 Å². The quantitative estimate of drug-likeness (QED) is 0.294. The van der Waals surface area contributed by atoms with Crippen molar-refractivity contribution in [3.8, 4) is 5.75 Å². The number of hydrogen-bond donors (Lipinski definition) is 1. The van der Waals surface area contributed by atoms with Crippen molar-refractivity contribution in [1.82, 2.24) is 24.6 Å². The van der Waals surface area contributed by atoms with Gasteiger partial charge >= 0.3 is 6.36 Å². The van der Waals surface area contributed by atoms with Gasteiger partial charge in [0.2, 0.25) is 6.41 Å². The molecule has 1 N–H and O–H groups in total. The maximum Gasteiger partial charge on any atom is 0.573 e. The Morgan fingerprint density at radius 2 is 1.75 bits per heavy atom. The second kappa shape index (κ2) is 12.9. The maximum atomic E-state index is 12.7. The average molecular weight is 660 g/mol. The molecule has 0 bridgehead atoms. The third kappa shape index (κ3) is 7.87. The minimum absolute atomic E-state index is 0.274. The minimum atomic E-state index is -4.68. The zero-order chi connectivity index (χ0) is 28.8.